The molecular weight excluding hydrogens is 385 g/mol. The fourth-order valence-electron chi connectivity index (χ4n) is 1.19. The summed E-state index contributed by atoms with van der Waals surface area (Å²) in [6.07, 6.45) is 0. The van der Waals surface area contributed by atoms with Crippen LogP contribution >= 0.6 is 10.1 Å². The molecule has 11 heteroatoms. The van der Waals surface area contributed by atoms with Gasteiger partial charge in [-0.2, -0.15) is 0 Å². The van der Waals surface area contributed by atoms with Gasteiger partial charge in [0.2, 0.25) is 0 Å². The molecule has 119 valence electrons. The minimum atomic E-state index is 0.0804. The summed E-state index contributed by atoms with van der Waals surface area (Å²) in [5.74, 6) is 0. The van der Waals surface area contributed by atoms with Crippen LogP contribution in [-0.2, 0) is 39.5 Å². The zero-order valence-corrected chi connectivity index (χ0v) is 15.5. The Morgan fingerprint density at radius 1 is 1.05 bits per heavy atom. The van der Waals surface area contributed by atoms with Gasteiger partial charge in [0.1, 0.15) is 0 Å². The van der Waals surface area contributed by atoms with Gasteiger partial charge in [0.05, 0.1) is 11.4 Å². The van der Waals surface area contributed by atoms with Crippen LogP contribution in [0.3, 0.4) is 0 Å². The van der Waals surface area contributed by atoms with Crippen LogP contribution in [0.25, 0.3) is 10.9 Å². The molecule has 0 bridgehead atoms. The molecule has 0 fully saturated rings. The van der Waals surface area contributed by atoms with Gasteiger partial charge in [-0.05, 0) is 26.0 Å². The summed E-state index contributed by atoms with van der Waals surface area (Å²) in [6.45, 7) is 3.53. The van der Waals surface area contributed by atoms with Gasteiger partial charge in [-0.25, -0.2) is 4.98 Å². The average Bonchev–Trinajstić information content (AvgIpc) is 2.52. The molecule has 0 aliphatic carbocycles. The van der Waals surface area contributed by atoms with Crippen LogP contribution in [0, 0.1) is 0 Å². The van der Waals surface area contributed by atoms with Crippen molar-refractivity contribution in [2.24, 2.45) is 21.7 Å². The first kappa shape index (κ1) is 21.0. The quantitative estimate of drug-likeness (QED) is 0.193. The predicted molar refractivity (Wildman–Crippen MR) is 97.1 cm³/mol. The normalized spacial score (nSPS) is 11.1. The van der Waals surface area contributed by atoms with Crippen LogP contribution in [0.4, 0.5) is 0 Å². The standard InChI is InChI=1S/C11H15N7S2.ClH.Mn/c1-6(15-17-10(12)19)8-4-3-5-9(14-8)7(2)16-18-11(13)20;;/h3-5H,1-2H3,(H6,12,13,14,17,18,19,20);1H;/q;;+2/p-1. The van der Waals surface area contributed by atoms with Gasteiger partial charge in [0, 0.05) is 11.4 Å². The molecule has 7 nitrogen and oxygen atoms in total. The Morgan fingerprint density at radius 2 is 1.41 bits per heavy atom. The molecule has 0 spiro atoms. The fraction of sp³-hybridized carbons (Fsp3) is 0.182. The number of hydrogen-bond acceptors (Lipinski definition) is 3. The Hall–Kier alpha value is -1.00. The van der Waals surface area contributed by atoms with Crippen LogP contribution in [0.2, 0.25) is 0 Å². The second-order valence-electron chi connectivity index (χ2n) is 3.70. The Labute approximate surface area is 152 Å². The van der Waals surface area contributed by atoms with E-state index in [0.717, 1.165) is 0 Å². The molecule has 22 heavy (non-hydrogen) atoms. The zero-order valence-electron chi connectivity index (χ0n) is 11.8. The SMILES string of the molecule is CC(=N[N-]C(N)=[SH+])c1cccc(C(C)=N[N-]C(N)=[SH+])n1.[Cl][Mn+]. The van der Waals surface area contributed by atoms with Crippen LogP contribution in [-0.4, -0.2) is 26.6 Å². The van der Waals surface area contributed by atoms with Gasteiger partial charge in [0.15, 0.2) is 34.7 Å². The van der Waals surface area contributed by atoms with Crippen molar-refractivity contribution >= 4 is 56.2 Å². The summed E-state index contributed by atoms with van der Waals surface area (Å²) in [7, 11) is 4.45. The number of thiol groups is 2. The van der Waals surface area contributed by atoms with E-state index in [1.165, 1.54) is 0 Å². The number of pyridine rings is 1. The molecular formula is C11H15ClMnN7S2+. The summed E-state index contributed by atoms with van der Waals surface area (Å²) in [4.78, 5) is 4.40. The van der Waals surface area contributed by atoms with Gasteiger partial charge in [-0.3, -0.25) is 11.5 Å². The third kappa shape index (κ3) is 8.44. The van der Waals surface area contributed by atoms with E-state index in [2.05, 4.69) is 75.7 Å². The Morgan fingerprint density at radius 3 is 1.73 bits per heavy atom. The van der Waals surface area contributed by atoms with Gasteiger partial charge < -0.3 is 21.1 Å². The van der Waals surface area contributed by atoms with E-state index in [0.29, 0.717) is 22.8 Å². The van der Waals surface area contributed by atoms with Gasteiger partial charge >= 0.3 is 25.2 Å². The second kappa shape index (κ2) is 11.6. The maximum absolute atomic E-state index is 5.30. The molecule has 1 rings (SSSR count). The number of aromatic nitrogens is 1. The third-order valence-corrected chi connectivity index (χ3v) is 2.27. The topological polar surface area (TPSA) is 118 Å². The number of rotatable bonds is 4. The monoisotopic (exact) mass is 399 g/mol. The first-order valence-electron chi connectivity index (χ1n) is 5.65. The molecule has 1 aromatic rings. The summed E-state index contributed by atoms with van der Waals surface area (Å²) in [5, 5.41) is 7.98. The van der Waals surface area contributed by atoms with Crippen molar-refractivity contribution in [1.82, 2.24) is 4.98 Å². The molecule has 0 atom stereocenters. The third-order valence-electron chi connectivity index (χ3n) is 2.10. The van der Waals surface area contributed by atoms with Crippen molar-refractivity contribution in [1.29, 1.82) is 0 Å². The number of nitrogens with two attached hydrogens (primary N) is 2. The summed E-state index contributed by atoms with van der Waals surface area (Å²) >= 11 is 10.1. The van der Waals surface area contributed by atoms with Crippen molar-refractivity contribution in [2.45, 2.75) is 13.8 Å². The van der Waals surface area contributed by atoms with Crippen molar-refractivity contribution in [3.05, 3.63) is 40.4 Å². The first-order valence-corrected chi connectivity index (χ1v) is 8.17. The van der Waals surface area contributed by atoms with Crippen LogP contribution in [0.1, 0.15) is 25.2 Å². The Balaban J connectivity index is 0.00000211. The molecule has 0 unspecified atom stereocenters. The zero-order chi connectivity index (χ0) is 17.1. The number of hydrogen-bond donors (Lipinski definition) is 2. The number of nitrogens with zero attached hydrogens (tertiary/aromatic N) is 5. The van der Waals surface area contributed by atoms with E-state index in [1.807, 2.05) is 6.07 Å². The van der Waals surface area contributed by atoms with Crippen molar-refractivity contribution < 1.29 is 15.1 Å². The molecule has 0 saturated heterocycles. The summed E-state index contributed by atoms with van der Waals surface area (Å²) in [5.41, 5.74) is 20.4. The average molecular weight is 400 g/mol. The fourth-order valence-corrected chi connectivity index (χ4v) is 1.28. The molecule has 0 aliphatic heterocycles. The molecule has 0 radical (unpaired) electrons. The summed E-state index contributed by atoms with van der Waals surface area (Å²) < 4.78 is 0. The van der Waals surface area contributed by atoms with Gasteiger partial charge in [-0.15, -0.1) is 0 Å². The maximum atomic E-state index is 5.30. The van der Waals surface area contributed by atoms with Crippen molar-refractivity contribution in [3.63, 3.8) is 0 Å². The van der Waals surface area contributed by atoms with E-state index < -0.39 is 0 Å². The van der Waals surface area contributed by atoms with E-state index in [4.69, 9.17) is 11.5 Å². The first-order chi connectivity index (χ1) is 10.4. The minimum absolute atomic E-state index is 0.0804. The van der Waals surface area contributed by atoms with Gasteiger partial charge in [0.25, 0.3) is 0 Å². The molecule has 0 amide bonds. The molecule has 1 heterocycles. The van der Waals surface area contributed by atoms with E-state index in [-0.39, 0.29) is 10.2 Å². The van der Waals surface area contributed by atoms with Crippen LogP contribution in [0.5, 0.6) is 0 Å². The predicted octanol–water partition coefficient (Wildman–Crippen LogP) is 0.615. The molecule has 0 aliphatic rings. The van der Waals surface area contributed by atoms with E-state index in [1.54, 1.807) is 26.0 Å². The molecule has 1 aromatic heterocycles. The van der Waals surface area contributed by atoms with Crippen LogP contribution < -0.4 is 11.5 Å². The van der Waals surface area contributed by atoms with E-state index in [9.17, 15) is 0 Å². The van der Waals surface area contributed by atoms with Crippen LogP contribution in [0.15, 0.2) is 28.4 Å². The second-order valence-corrected chi connectivity index (χ2v) is 4.61. The van der Waals surface area contributed by atoms with Crippen molar-refractivity contribution in [3.8, 4) is 0 Å². The summed E-state index contributed by atoms with van der Waals surface area (Å²) in [6, 6.07) is 5.43. The van der Waals surface area contributed by atoms with Gasteiger partial charge in [-0.1, -0.05) is 6.07 Å². The molecule has 0 aromatic carbocycles. The molecule has 4 N–H and O–H groups in total. The Bertz CT molecular complexity index is 544. The van der Waals surface area contributed by atoms with Crippen molar-refractivity contribution in [2.75, 3.05) is 0 Å². The molecule has 0 saturated carbocycles. The van der Waals surface area contributed by atoms with E-state index >= 15 is 0 Å². The number of halogens is 1. The Kier molecular flexibility index (Phi) is 11.0.